The number of benzene rings is 2. The summed E-state index contributed by atoms with van der Waals surface area (Å²) in [6.07, 6.45) is 3.97. The van der Waals surface area contributed by atoms with E-state index in [4.69, 9.17) is 4.74 Å². The highest BCUT2D eigenvalue weighted by Crippen LogP contribution is 2.32. The Morgan fingerprint density at radius 3 is 2.59 bits per heavy atom. The fraction of sp³-hybridized carbons (Fsp3) is 0.440. The van der Waals surface area contributed by atoms with Gasteiger partial charge in [0.2, 0.25) is 5.91 Å². The highest BCUT2D eigenvalue weighted by molar-refractivity contribution is 6.43. The number of ether oxygens (including phenoxy) is 1. The summed E-state index contributed by atoms with van der Waals surface area (Å²) in [4.78, 5) is 28.4. The molecule has 34 heavy (non-hydrogen) atoms. The Morgan fingerprint density at radius 2 is 1.91 bits per heavy atom. The lowest BCUT2D eigenvalue weighted by Crippen LogP contribution is -2.55. The van der Waals surface area contributed by atoms with Crippen molar-refractivity contribution in [1.29, 1.82) is 0 Å². The molecule has 0 aromatic heterocycles. The number of hydrogen-bond acceptors (Lipinski definition) is 6. The van der Waals surface area contributed by atoms with Crippen molar-refractivity contribution in [3.63, 3.8) is 0 Å². The van der Waals surface area contributed by atoms with E-state index in [2.05, 4.69) is 10.6 Å². The van der Waals surface area contributed by atoms with Crippen LogP contribution in [0, 0.1) is 5.92 Å². The van der Waals surface area contributed by atoms with Gasteiger partial charge in [-0.15, -0.1) is 0 Å². The molecule has 2 aromatic carbocycles. The molecule has 2 aromatic rings. The van der Waals surface area contributed by atoms with Crippen molar-refractivity contribution in [1.82, 2.24) is 10.6 Å². The SMILES string of the molecule is CN1CCOc2ccc(C(=O)NC(Cc3ccccc3)C(=O)NC(CC3CCC3)B(O)O)cc21. The Balaban J connectivity index is 1.50. The highest BCUT2D eigenvalue weighted by Gasteiger charge is 2.33. The molecule has 0 bridgehead atoms. The fourth-order valence-electron chi connectivity index (χ4n) is 4.42. The number of fused-ring (bicyclic) bond motifs is 1. The molecule has 0 radical (unpaired) electrons. The molecule has 2 aliphatic rings. The van der Waals surface area contributed by atoms with E-state index < -0.39 is 25.0 Å². The normalized spacial score (nSPS) is 17.0. The molecule has 1 aliphatic carbocycles. The molecular weight excluding hydrogens is 433 g/mol. The molecule has 180 valence electrons. The first-order valence-electron chi connectivity index (χ1n) is 11.9. The van der Waals surface area contributed by atoms with E-state index in [1.165, 1.54) is 0 Å². The minimum Gasteiger partial charge on any atom is -0.490 e. The Morgan fingerprint density at radius 1 is 1.15 bits per heavy atom. The van der Waals surface area contributed by atoms with Gasteiger partial charge in [0, 0.05) is 19.0 Å². The molecule has 0 saturated heterocycles. The van der Waals surface area contributed by atoms with Gasteiger partial charge < -0.3 is 30.3 Å². The number of nitrogens with zero attached hydrogens (tertiary/aromatic N) is 1. The zero-order chi connectivity index (χ0) is 24.1. The van der Waals surface area contributed by atoms with E-state index >= 15 is 0 Å². The number of anilines is 1. The lowest BCUT2D eigenvalue weighted by molar-refractivity contribution is -0.123. The Kier molecular flexibility index (Phi) is 7.75. The third-order valence-electron chi connectivity index (χ3n) is 6.72. The lowest BCUT2D eigenvalue weighted by Gasteiger charge is -2.31. The van der Waals surface area contributed by atoms with Gasteiger partial charge in [0.05, 0.1) is 18.2 Å². The molecule has 1 heterocycles. The molecule has 2 amide bonds. The summed E-state index contributed by atoms with van der Waals surface area (Å²) in [6.45, 7) is 1.32. The van der Waals surface area contributed by atoms with Gasteiger partial charge in [0.15, 0.2) is 0 Å². The van der Waals surface area contributed by atoms with Gasteiger partial charge in [0.1, 0.15) is 18.4 Å². The van der Waals surface area contributed by atoms with Gasteiger partial charge in [-0.3, -0.25) is 9.59 Å². The number of nitrogens with one attached hydrogen (secondary N) is 2. The first kappa shape index (κ1) is 24.1. The van der Waals surface area contributed by atoms with Crippen LogP contribution >= 0.6 is 0 Å². The van der Waals surface area contributed by atoms with Crippen molar-refractivity contribution in [3.05, 3.63) is 59.7 Å². The van der Waals surface area contributed by atoms with Crippen molar-refractivity contribution in [3.8, 4) is 5.75 Å². The summed E-state index contributed by atoms with van der Waals surface area (Å²) in [5.41, 5.74) is 2.14. The summed E-state index contributed by atoms with van der Waals surface area (Å²) in [7, 11) is 0.283. The maximum Gasteiger partial charge on any atom is 0.475 e. The van der Waals surface area contributed by atoms with E-state index in [1.807, 2.05) is 42.3 Å². The van der Waals surface area contributed by atoms with Gasteiger partial charge in [0.25, 0.3) is 5.91 Å². The quantitative estimate of drug-likeness (QED) is 0.419. The van der Waals surface area contributed by atoms with Crippen molar-refractivity contribution >= 4 is 24.6 Å². The third-order valence-corrected chi connectivity index (χ3v) is 6.72. The zero-order valence-electron chi connectivity index (χ0n) is 19.4. The minimum atomic E-state index is -1.66. The largest absolute Gasteiger partial charge is 0.490 e. The second kappa shape index (κ2) is 10.9. The monoisotopic (exact) mass is 465 g/mol. The molecule has 8 nitrogen and oxygen atoms in total. The number of amides is 2. The van der Waals surface area contributed by atoms with Crippen LogP contribution in [-0.4, -0.2) is 61.2 Å². The van der Waals surface area contributed by atoms with Crippen LogP contribution in [0.25, 0.3) is 0 Å². The summed E-state index contributed by atoms with van der Waals surface area (Å²) in [5.74, 6) is -0.489. The average molecular weight is 465 g/mol. The number of likely N-dealkylation sites (N-methyl/N-ethyl adjacent to an activating group) is 1. The summed E-state index contributed by atoms with van der Waals surface area (Å²) in [6, 6.07) is 13.8. The molecule has 1 aliphatic heterocycles. The molecule has 4 rings (SSSR count). The van der Waals surface area contributed by atoms with Crippen LogP contribution in [0.1, 0.15) is 41.6 Å². The van der Waals surface area contributed by atoms with E-state index in [-0.39, 0.29) is 12.3 Å². The molecule has 9 heteroatoms. The van der Waals surface area contributed by atoms with Crippen LogP contribution in [0.5, 0.6) is 5.75 Å². The standard InChI is InChI=1S/C25H32BN3O5/c1-29-12-13-34-22-11-10-19(16-21(22)29)24(30)27-20(14-17-6-3-2-4-7-17)25(31)28-23(26(32)33)15-18-8-5-9-18/h2-4,6-7,10-11,16,18,20,23,32-33H,5,8-9,12-15H2,1H3,(H,27,30)(H,28,31). The summed E-state index contributed by atoms with van der Waals surface area (Å²) < 4.78 is 5.65. The van der Waals surface area contributed by atoms with Crippen molar-refractivity contribution in [2.75, 3.05) is 25.1 Å². The Labute approximate surface area is 200 Å². The molecule has 1 fully saturated rings. The van der Waals surface area contributed by atoms with Crippen LogP contribution in [0.2, 0.25) is 0 Å². The van der Waals surface area contributed by atoms with Crippen molar-refractivity contribution < 1.29 is 24.4 Å². The summed E-state index contributed by atoms with van der Waals surface area (Å²) >= 11 is 0. The van der Waals surface area contributed by atoms with Crippen LogP contribution in [0.4, 0.5) is 5.69 Å². The van der Waals surface area contributed by atoms with E-state index in [1.54, 1.807) is 18.2 Å². The van der Waals surface area contributed by atoms with Gasteiger partial charge in [-0.05, 0) is 36.1 Å². The Hall–Kier alpha value is -3.04. The third kappa shape index (κ3) is 5.90. The second-order valence-corrected chi connectivity index (χ2v) is 9.23. The molecule has 4 N–H and O–H groups in total. The molecule has 0 spiro atoms. The zero-order valence-corrected chi connectivity index (χ0v) is 19.4. The summed E-state index contributed by atoms with van der Waals surface area (Å²) in [5, 5.41) is 25.3. The molecular formula is C25H32BN3O5. The highest BCUT2D eigenvalue weighted by atomic mass is 16.5. The van der Waals surface area contributed by atoms with E-state index in [9.17, 15) is 19.6 Å². The van der Waals surface area contributed by atoms with Crippen LogP contribution in [0.3, 0.4) is 0 Å². The lowest BCUT2D eigenvalue weighted by atomic mass is 9.69. The van der Waals surface area contributed by atoms with Gasteiger partial charge in [-0.2, -0.15) is 0 Å². The first-order chi connectivity index (χ1) is 16.4. The van der Waals surface area contributed by atoms with Crippen molar-refractivity contribution in [2.45, 2.75) is 44.1 Å². The Bertz CT molecular complexity index is 999. The number of rotatable bonds is 9. The van der Waals surface area contributed by atoms with E-state index in [0.717, 1.165) is 42.8 Å². The molecule has 2 atom stereocenters. The number of carbonyl (C=O) groups is 2. The first-order valence-corrected chi connectivity index (χ1v) is 11.9. The smallest absolute Gasteiger partial charge is 0.475 e. The van der Waals surface area contributed by atoms with Gasteiger partial charge in [-0.25, -0.2) is 0 Å². The molecule has 2 unspecified atom stereocenters. The maximum absolute atomic E-state index is 13.2. The minimum absolute atomic E-state index is 0.282. The topological polar surface area (TPSA) is 111 Å². The number of hydrogen-bond donors (Lipinski definition) is 4. The van der Waals surface area contributed by atoms with Crippen LogP contribution < -0.4 is 20.3 Å². The molecule has 1 saturated carbocycles. The predicted molar refractivity (Wildman–Crippen MR) is 131 cm³/mol. The van der Waals surface area contributed by atoms with Crippen LogP contribution in [0.15, 0.2) is 48.5 Å². The fourth-order valence-corrected chi connectivity index (χ4v) is 4.42. The van der Waals surface area contributed by atoms with Crippen molar-refractivity contribution in [2.24, 2.45) is 5.92 Å². The maximum atomic E-state index is 13.2. The van der Waals surface area contributed by atoms with Crippen LogP contribution in [-0.2, 0) is 11.2 Å². The predicted octanol–water partition coefficient (Wildman–Crippen LogP) is 1.54. The van der Waals surface area contributed by atoms with Gasteiger partial charge >= 0.3 is 7.12 Å². The van der Waals surface area contributed by atoms with E-state index in [0.29, 0.717) is 24.5 Å². The average Bonchev–Trinajstić information content (AvgIpc) is 2.80. The second-order valence-electron chi connectivity index (χ2n) is 9.23. The van der Waals surface area contributed by atoms with Gasteiger partial charge in [-0.1, -0.05) is 49.6 Å². The number of carbonyl (C=O) groups excluding carboxylic acids is 2.